The van der Waals surface area contributed by atoms with Crippen molar-refractivity contribution in [3.05, 3.63) is 0 Å². The number of carboxylic acids is 2. The molecule has 0 aliphatic heterocycles. The molecule has 0 bridgehead atoms. The van der Waals surface area contributed by atoms with Gasteiger partial charge in [0.15, 0.2) is 5.78 Å². The van der Waals surface area contributed by atoms with Gasteiger partial charge in [-0.1, -0.05) is 58.3 Å². The van der Waals surface area contributed by atoms with E-state index in [1.54, 1.807) is 4.90 Å². The van der Waals surface area contributed by atoms with Crippen LogP contribution in [0.4, 0.5) is 0 Å². The molecular formula is C23H46N2O8. The number of ketones is 1. The van der Waals surface area contributed by atoms with E-state index in [4.69, 9.17) is 26.2 Å². The van der Waals surface area contributed by atoms with Crippen LogP contribution in [0.15, 0.2) is 0 Å². The maximum absolute atomic E-state index is 12.2. The van der Waals surface area contributed by atoms with Crippen LogP contribution in [0.3, 0.4) is 0 Å². The zero-order valence-electron chi connectivity index (χ0n) is 20.2. The highest BCUT2D eigenvalue weighted by atomic mass is 16.4. The van der Waals surface area contributed by atoms with E-state index in [0.29, 0.717) is 19.5 Å². The highest BCUT2D eigenvalue weighted by Gasteiger charge is 2.23. The summed E-state index contributed by atoms with van der Waals surface area (Å²) in [7, 11) is 0. The smallest absolute Gasteiger partial charge is 0.320 e. The molecule has 0 aromatic carbocycles. The van der Waals surface area contributed by atoms with Gasteiger partial charge in [-0.05, 0) is 12.8 Å². The summed E-state index contributed by atoms with van der Waals surface area (Å²) in [5, 5.41) is 43.8. The van der Waals surface area contributed by atoms with Crippen molar-refractivity contribution in [2.75, 3.05) is 32.9 Å². The van der Waals surface area contributed by atoms with Crippen molar-refractivity contribution in [2.24, 2.45) is 5.73 Å². The Hall–Kier alpha value is -1.59. The Labute approximate surface area is 197 Å². The zero-order chi connectivity index (χ0) is 25.5. The lowest BCUT2D eigenvalue weighted by Gasteiger charge is -2.28. The van der Waals surface area contributed by atoms with E-state index < -0.39 is 24.0 Å². The Morgan fingerprint density at radius 2 is 1.27 bits per heavy atom. The van der Waals surface area contributed by atoms with Crippen LogP contribution >= 0.6 is 0 Å². The number of Topliss-reactive ketones (excluding diaryl/α,β-unsaturated/α-hetero) is 1. The molecule has 0 fully saturated rings. The van der Waals surface area contributed by atoms with E-state index in [2.05, 4.69) is 6.92 Å². The quantitative estimate of drug-likeness (QED) is 0.132. The number of unbranched alkanes of at least 4 members (excludes halogenated alkanes) is 8. The first kappa shape index (κ1) is 33.6. The van der Waals surface area contributed by atoms with Crippen LogP contribution < -0.4 is 5.73 Å². The van der Waals surface area contributed by atoms with Gasteiger partial charge in [0.25, 0.3) is 0 Å². The number of nitrogens with zero attached hydrogens (tertiary/aromatic N) is 1. The van der Waals surface area contributed by atoms with Gasteiger partial charge in [0.1, 0.15) is 6.04 Å². The number of hydrogen-bond acceptors (Lipinski definition) is 8. The molecular weight excluding hydrogens is 432 g/mol. The van der Waals surface area contributed by atoms with Crippen molar-refractivity contribution < 1.29 is 39.9 Å². The molecule has 33 heavy (non-hydrogen) atoms. The van der Waals surface area contributed by atoms with Gasteiger partial charge in [-0.15, -0.1) is 0 Å². The molecule has 10 heteroatoms. The van der Waals surface area contributed by atoms with Gasteiger partial charge in [0, 0.05) is 25.9 Å². The summed E-state index contributed by atoms with van der Waals surface area (Å²) >= 11 is 0. The van der Waals surface area contributed by atoms with Crippen molar-refractivity contribution >= 4 is 17.7 Å². The molecule has 0 aliphatic rings. The van der Waals surface area contributed by atoms with Crippen LogP contribution in [-0.2, 0) is 14.4 Å². The third-order valence-corrected chi connectivity index (χ3v) is 5.27. The second-order valence-corrected chi connectivity index (χ2v) is 8.10. The topological polar surface area (TPSA) is 182 Å². The minimum atomic E-state index is -1.17. The Bertz CT molecular complexity index is 499. The molecule has 7 N–H and O–H groups in total. The van der Waals surface area contributed by atoms with Gasteiger partial charge in [0.05, 0.1) is 25.9 Å². The van der Waals surface area contributed by atoms with Gasteiger partial charge < -0.3 is 31.3 Å². The fourth-order valence-electron chi connectivity index (χ4n) is 3.28. The van der Waals surface area contributed by atoms with Crippen LogP contribution in [0.25, 0.3) is 0 Å². The van der Waals surface area contributed by atoms with Crippen LogP contribution in [0.1, 0.15) is 84.0 Å². The first-order valence-electron chi connectivity index (χ1n) is 12.0. The first-order valence-corrected chi connectivity index (χ1v) is 12.0. The second kappa shape index (κ2) is 23.6. The molecule has 0 heterocycles. The van der Waals surface area contributed by atoms with E-state index >= 15 is 0 Å². The summed E-state index contributed by atoms with van der Waals surface area (Å²) in [4.78, 5) is 33.7. The van der Waals surface area contributed by atoms with Crippen LogP contribution in [0.2, 0.25) is 0 Å². The summed E-state index contributed by atoms with van der Waals surface area (Å²) in [6.07, 6.45) is 11.1. The second-order valence-electron chi connectivity index (χ2n) is 8.10. The summed E-state index contributed by atoms with van der Waals surface area (Å²) in [5.41, 5.74) is 5.00. The van der Waals surface area contributed by atoms with Crippen LogP contribution in [0, 0.1) is 0 Å². The maximum Gasteiger partial charge on any atom is 0.320 e. The number of carbonyl (C=O) groups excluding carboxylic acids is 1. The van der Waals surface area contributed by atoms with Crippen LogP contribution in [-0.4, -0.2) is 93.1 Å². The Balaban J connectivity index is 0. The average Bonchev–Trinajstić information content (AvgIpc) is 2.77. The average molecular weight is 479 g/mol. The lowest BCUT2D eigenvalue weighted by molar-refractivity contribution is -0.140. The minimum Gasteiger partial charge on any atom is -0.481 e. The predicted molar refractivity (Wildman–Crippen MR) is 126 cm³/mol. The summed E-state index contributed by atoms with van der Waals surface area (Å²) in [6, 6.07) is -1.65. The molecule has 10 nitrogen and oxygen atoms in total. The van der Waals surface area contributed by atoms with Crippen molar-refractivity contribution in [1.82, 2.24) is 4.90 Å². The molecule has 0 radical (unpaired) electrons. The summed E-state index contributed by atoms with van der Waals surface area (Å²) in [5.74, 6) is -2.18. The number of nitrogens with two attached hydrogens (primary N) is 1. The number of carbonyl (C=O) groups is 3. The monoisotopic (exact) mass is 478 g/mol. The molecule has 0 rings (SSSR count). The highest BCUT2D eigenvalue weighted by molar-refractivity contribution is 5.84. The molecule has 0 saturated carbocycles. The summed E-state index contributed by atoms with van der Waals surface area (Å²) < 4.78 is 0. The summed E-state index contributed by atoms with van der Waals surface area (Å²) in [6.45, 7) is 2.41. The van der Waals surface area contributed by atoms with Crippen molar-refractivity contribution in [3.63, 3.8) is 0 Å². The largest absolute Gasteiger partial charge is 0.481 e. The van der Waals surface area contributed by atoms with Crippen molar-refractivity contribution in [3.8, 4) is 0 Å². The van der Waals surface area contributed by atoms with Gasteiger partial charge in [-0.2, -0.15) is 0 Å². The molecule has 0 aromatic heterocycles. The third-order valence-electron chi connectivity index (χ3n) is 5.27. The number of aliphatic carboxylic acids is 2. The lowest BCUT2D eigenvalue weighted by Crippen LogP contribution is -2.46. The third kappa shape index (κ3) is 20.7. The number of aliphatic hydroxyl groups excluding tert-OH is 3. The molecule has 0 aliphatic carbocycles. The van der Waals surface area contributed by atoms with E-state index in [1.807, 2.05) is 0 Å². The van der Waals surface area contributed by atoms with Crippen molar-refractivity contribution in [1.29, 1.82) is 0 Å². The first-order chi connectivity index (χ1) is 15.7. The van der Waals surface area contributed by atoms with E-state index in [0.717, 1.165) is 12.8 Å². The van der Waals surface area contributed by atoms with E-state index in [-0.39, 0.29) is 38.4 Å². The standard InChI is InChI=1S/C18H37NO4.C5H9NO4/c1-2-3-4-5-6-7-8-9-10-11-18(23)17(16-22)19(12-14-20)13-15-21;6-3(5(9)10)1-2-4(7)8/h17,20-22H,2-16H2,1H3;3H,1-2,6H2,(H,7,8)(H,9,10). The Kier molecular flexibility index (Phi) is 24.0. The number of aliphatic hydroxyl groups is 3. The predicted octanol–water partition coefficient (Wildman–Crippen LogP) is 1.39. The number of hydrogen-bond donors (Lipinski definition) is 6. The Morgan fingerprint density at radius 1 is 0.788 bits per heavy atom. The van der Waals surface area contributed by atoms with Crippen LogP contribution in [0.5, 0.6) is 0 Å². The van der Waals surface area contributed by atoms with Gasteiger partial charge in [0.2, 0.25) is 0 Å². The van der Waals surface area contributed by atoms with Gasteiger partial charge in [-0.25, -0.2) is 0 Å². The molecule has 0 aromatic rings. The molecule has 2 unspecified atom stereocenters. The molecule has 0 amide bonds. The number of carboxylic acid groups (broad SMARTS) is 2. The lowest BCUT2D eigenvalue weighted by atomic mass is 10.0. The normalized spacial score (nSPS) is 12.7. The van der Waals surface area contributed by atoms with E-state index in [1.165, 1.54) is 44.9 Å². The molecule has 0 saturated heterocycles. The fourth-order valence-corrected chi connectivity index (χ4v) is 3.28. The van der Waals surface area contributed by atoms with Crippen molar-refractivity contribution in [2.45, 2.75) is 96.1 Å². The molecule has 0 spiro atoms. The van der Waals surface area contributed by atoms with Gasteiger partial charge in [-0.3, -0.25) is 19.3 Å². The highest BCUT2D eigenvalue weighted by Crippen LogP contribution is 2.12. The fraction of sp³-hybridized carbons (Fsp3) is 0.870. The molecule has 2 atom stereocenters. The zero-order valence-corrected chi connectivity index (χ0v) is 20.2. The Morgan fingerprint density at radius 3 is 1.67 bits per heavy atom. The van der Waals surface area contributed by atoms with E-state index in [9.17, 15) is 19.5 Å². The van der Waals surface area contributed by atoms with Gasteiger partial charge >= 0.3 is 11.9 Å². The minimum absolute atomic E-state index is 0.0114. The SMILES string of the molecule is CCCCCCCCCCCC(=O)C(CO)N(CCO)CCO.NC(CCC(=O)O)C(=O)O. The molecule has 196 valence electrons. The maximum atomic E-state index is 12.2. The number of rotatable bonds is 21.